The number of H-pyrrole nitrogens is 1. The van der Waals surface area contributed by atoms with Gasteiger partial charge in [-0.15, -0.1) is 0 Å². The maximum absolute atomic E-state index is 14.0. The van der Waals surface area contributed by atoms with Crippen LogP contribution in [-0.2, 0) is 13.1 Å². The minimum Gasteiger partial charge on any atom is -0.326 e. The highest BCUT2D eigenvalue weighted by molar-refractivity contribution is 5.26. The highest BCUT2D eigenvalue weighted by Gasteiger charge is 2.35. The summed E-state index contributed by atoms with van der Waals surface area (Å²) in [6.45, 7) is 2.18. The topological polar surface area (TPSA) is 70.0 Å². The zero-order valence-electron chi connectivity index (χ0n) is 12.9. The molecule has 8 heteroatoms. The maximum Gasteiger partial charge on any atom is 0.161 e. The predicted molar refractivity (Wildman–Crippen MR) is 81.3 cm³/mol. The van der Waals surface area contributed by atoms with Crippen LogP contribution in [0.4, 0.5) is 13.2 Å². The Hall–Kier alpha value is -1.90. The molecule has 5 nitrogen and oxygen atoms in total. The van der Waals surface area contributed by atoms with Gasteiger partial charge in [0, 0.05) is 48.9 Å². The van der Waals surface area contributed by atoms with Gasteiger partial charge in [0.05, 0.1) is 17.9 Å². The highest BCUT2D eigenvalue weighted by atomic mass is 19.2. The molecule has 0 spiro atoms. The lowest BCUT2D eigenvalue weighted by Crippen LogP contribution is -2.54. The van der Waals surface area contributed by atoms with Gasteiger partial charge in [-0.2, -0.15) is 5.10 Å². The highest BCUT2D eigenvalue weighted by Crippen LogP contribution is 2.31. The van der Waals surface area contributed by atoms with Crippen LogP contribution in [0.25, 0.3) is 0 Å². The first-order valence-corrected chi connectivity index (χ1v) is 7.91. The number of aromatic amines is 1. The monoisotopic (exact) mass is 337 g/mol. The van der Waals surface area contributed by atoms with Crippen molar-refractivity contribution in [2.24, 2.45) is 5.73 Å². The van der Waals surface area contributed by atoms with Gasteiger partial charge in [-0.05, 0) is 12.5 Å². The number of nitrogens with one attached hydrogen (secondary N) is 2. The lowest BCUT2D eigenvalue weighted by Gasteiger charge is -2.39. The fraction of sp³-hybridized carbons (Fsp3) is 0.438. The Morgan fingerprint density at radius 2 is 1.92 bits per heavy atom. The van der Waals surface area contributed by atoms with E-state index >= 15 is 0 Å². The van der Waals surface area contributed by atoms with Crippen molar-refractivity contribution < 1.29 is 13.2 Å². The number of piperidine rings is 1. The van der Waals surface area contributed by atoms with Gasteiger partial charge in [-0.1, -0.05) is 0 Å². The van der Waals surface area contributed by atoms with Crippen LogP contribution in [0.1, 0.15) is 29.3 Å². The standard InChI is InChI=1S/C16H18F3N5/c17-11-3-13(19)12(18)2-10(11)16-14(20)1-9(5-21-16)24-6-8-4-22-23-15(8)7-24/h2-4,9,14,16,21H,1,5-7,20H2,(H,22,23)/t9?,14-,16?/m0/s1. The second-order valence-electron chi connectivity index (χ2n) is 6.51. The number of fused-ring (bicyclic) bond motifs is 1. The largest absolute Gasteiger partial charge is 0.326 e. The molecule has 0 saturated carbocycles. The summed E-state index contributed by atoms with van der Waals surface area (Å²) in [5, 5.41) is 10.2. The van der Waals surface area contributed by atoms with E-state index < -0.39 is 23.5 Å². The van der Waals surface area contributed by atoms with Gasteiger partial charge in [0.2, 0.25) is 0 Å². The number of nitrogens with two attached hydrogens (primary N) is 1. The van der Waals surface area contributed by atoms with E-state index in [9.17, 15) is 13.2 Å². The SMILES string of the molecule is N[C@H]1CC(N2Cc3cn[nH]c3C2)CNC1c1cc(F)c(F)cc1F. The van der Waals surface area contributed by atoms with Crippen molar-refractivity contribution in [3.8, 4) is 0 Å². The van der Waals surface area contributed by atoms with E-state index in [4.69, 9.17) is 5.73 Å². The summed E-state index contributed by atoms with van der Waals surface area (Å²) in [6, 6.07) is 0.754. The molecule has 0 bridgehead atoms. The van der Waals surface area contributed by atoms with Gasteiger partial charge in [-0.3, -0.25) is 10.00 Å². The molecule has 0 aliphatic carbocycles. The second kappa shape index (κ2) is 5.87. The molecule has 4 rings (SSSR count). The van der Waals surface area contributed by atoms with Crippen molar-refractivity contribution >= 4 is 0 Å². The van der Waals surface area contributed by atoms with Crippen molar-refractivity contribution in [1.82, 2.24) is 20.4 Å². The third-order valence-corrected chi connectivity index (χ3v) is 4.98. The summed E-state index contributed by atoms with van der Waals surface area (Å²) in [5.41, 5.74) is 8.58. The Balaban J connectivity index is 1.47. The molecule has 128 valence electrons. The zero-order valence-corrected chi connectivity index (χ0v) is 12.9. The molecule has 2 unspecified atom stereocenters. The fourth-order valence-electron chi connectivity index (χ4n) is 3.69. The van der Waals surface area contributed by atoms with E-state index in [0.29, 0.717) is 19.0 Å². The van der Waals surface area contributed by atoms with Crippen molar-refractivity contribution in [2.45, 2.75) is 37.6 Å². The number of benzene rings is 1. The molecule has 1 fully saturated rings. The third-order valence-electron chi connectivity index (χ3n) is 4.98. The van der Waals surface area contributed by atoms with Gasteiger partial charge in [0.1, 0.15) is 5.82 Å². The molecule has 2 aliphatic rings. The van der Waals surface area contributed by atoms with Gasteiger partial charge in [0.25, 0.3) is 0 Å². The summed E-state index contributed by atoms with van der Waals surface area (Å²) < 4.78 is 40.6. The lowest BCUT2D eigenvalue weighted by atomic mass is 9.89. The Bertz CT molecular complexity index is 742. The van der Waals surface area contributed by atoms with Crippen molar-refractivity contribution in [2.75, 3.05) is 6.54 Å². The van der Waals surface area contributed by atoms with E-state index in [1.165, 1.54) is 5.56 Å². The second-order valence-corrected chi connectivity index (χ2v) is 6.51. The Labute approximate surface area is 137 Å². The Morgan fingerprint density at radius 1 is 1.12 bits per heavy atom. The molecule has 4 N–H and O–H groups in total. The Kier molecular flexibility index (Phi) is 3.82. The van der Waals surface area contributed by atoms with Gasteiger partial charge in [0.15, 0.2) is 11.6 Å². The fourth-order valence-corrected chi connectivity index (χ4v) is 3.69. The van der Waals surface area contributed by atoms with Crippen LogP contribution in [0, 0.1) is 17.5 Å². The summed E-state index contributed by atoms with van der Waals surface area (Å²) in [4.78, 5) is 2.29. The summed E-state index contributed by atoms with van der Waals surface area (Å²) >= 11 is 0. The number of hydrogen-bond acceptors (Lipinski definition) is 4. The average Bonchev–Trinajstić information content (AvgIpc) is 3.13. The minimum absolute atomic E-state index is 0.0793. The molecule has 3 atom stereocenters. The average molecular weight is 337 g/mol. The third kappa shape index (κ3) is 2.60. The van der Waals surface area contributed by atoms with Crippen LogP contribution in [-0.4, -0.2) is 33.7 Å². The first kappa shape index (κ1) is 15.6. The van der Waals surface area contributed by atoms with Gasteiger partial charge >= 0.3 is 0 Å². The molecule has 24 heavy (non-hydrogen) atoms. The van der Waals surface area contributed by atoms with E-state index in [1.807, 2.05) is 6.20 Å². The molecule has 1 saturated heterocycles. The summed E-state index contributed by atoms with van der Waals surface area (Å²) in [6.07, 6.45) is 2.47. The molecule has 0 radical (unpaired) electrons. The first-order valence-electron chi connectivity index (χ1n) is 7.91. The molecule has 0 amide bonds. The number of aromatic nitrogens is 2. The molecule has 2 aromatic rings. The van der Waals surface area contributed by atoms with Crippen molar-refractivity contribution in [3.63, 3.8) is 0 Å². The summed E-state index contributed by atoms with van der Waals surface area (Å²) in [5.74, 6) is -3.03. The van der Waals surface area contributed by atoms with Crippen LogP contribution < -0.4 is 11.1 Å². The lowest BCUT2D eigenvalue weighted by molar-refractivity contribution is 0.137. The van der Waals surface area contributed by atoms with E-state index in [1.54, 1.807) is 0 Å². The van der Waals surface area contributed by atoms with E-state index in [-0.39, 0.29) is 17.6 Å². The van der Waals surface area contributed by atoms with Crippen LogP contribution >= 0.6 is 0 Å². The number of halogens is 3. The number of hydrogen-bond donors (Lipinski definition) is 3. The number of rotatable bonds is 2. The normalized spacial score (nSPS) is 27.4. The van der Waals surface area contributed by atoms with Crippen LogP contribution in [0.5, 0.6) is 0 Å². The van der Waals surface area contributed by atoms with Crippen molar-refractivity contribution in [1.29, 1.82) is 0 Å². The zero-order chi connectivity index (χ0) is 16.8. The van der Waals surface area contributed by atoms with E-state index in [0.717, 1.165) is 24.8 Å². The maximum atomic E-state index is 14.0. The molecule has 1 aromatic heterocycles. The Morgan fingerprint density at radius 3 is 2.67 bits per heavy atom. The molecular formula is C16H18F3N5. The van der Waals surface area contributed by atoms with Crippen LogP contribution in [0.3, 0.4) is 0 Å². The molecule has 2 aliphatic heterocycles. The minimum atomic E-state index is -1.19. The van der Waals surface area contributed by atoms with Crippen LogP contribution in [0.2, 0.25) is 0 Å². The predicted octanol–water partition coefficient (Wildman–Crippen LogP) is 1.57. The van der Waals surface area contributed by atoms with Crippen molar-refractivity contribution in [3.05, 3.63) is 52.6 Å². The summed E-state index contributed by atoms with van der Waals surface area (Å²) in [7, 11) is 0. The first-order chi connectivity index (χ1) is 11.5. The van der Waals surface area contributed by atoms with Crippen LogP contribution in [0.15, 0.2) is 18.3 Å². The van der Waals surface area contributed by atoms with Gasteiger partial charge in [-0.25, -0.2) is 13.2 Å². The van der Waals surface area contributed by atoms with E-state index in [2.05, 4.69) is 20.4 Å². The van der Waals surface area contributed by atoms with Gasteiger partial charge < -0.3 is 11.1 Å². The molecule has 1 aromatic carbocycles. The molecule has 3 heterocycles. The quantitative estimate of drug-likeness (QED) is 0.728. The molecular weight excluding hydrogens is 319 g/mol. The smallest absolute Gasteiger partial charge is 0.161 e. The number of nitrogens with zero attached hydrogens (tertiary/aromatic N) is 2.